The van der Waals surface area contributed by atoms with Crippen LogP contribution in [0.2, 0.25) is 0 Å². The van der Waals surface area contributed by atoms with Gasteiger partial charge in [0.25, 0.3) is 5.91 Å². The second-order valence-electron chi connectivity index (χ2n) is 7.10. The van der Waals surface area contributed by atoms with Gasteiger partial charge in [0.05, 0.1) is 0 Å². The van der Waals surface area contributed by atoms with Crippen molar-refractivity contribution in [2.45, 2.75) is 17.9 Å². The second kappa shape index (κ2) is 10.3. The van der Waals surface area contributed by atoms with Crippen LogP contribution in [0.3, 0.4) is 0 Å². The number of aromatic amines is 1. The lowest BCUT2D eigenvalue weighted by Gasteiger charge is -2.24. The molecule has 1 amide bonds. The molecular weight excluding hydrogens is 408 g/mol. The fourth-order valence-electron chi connectivity index (χ4n) is 3.21. The minimum Gasteiger partial charge on any atom is -0.356 e. The predicted molar refractivity (Wildman–Crippen MR) is 117 cm³/mol. The van der Waals surface area contributed by atoms with Gasteiger partial charge in [0, 0.05) is 43.9 Å². The van der Waals surface area contributed by atoms with Crippen molar-refractivity contribution in [3.63, 3.8) is 0 Å². The smallest absolute Gasteiger partial charge is 0.267 e. The minimum absolute atomic E-state index is 0.150. The zero-order valence-corrected chi connectivity index (χ0v) is 18.3. The van der Waals surface area contributed by atoms with Crippen LogP contribution in [0.5, 0.6) is 0 Å². The van der Waals surface area contributed by atoms with Crippen molar-refractivity contribution >= 4 is 27.7 Å². The van der Waals surface area contributed by atoms with Gasteiger partial charge in [-0.2, -0.15) is 16.1 Å². The Morgan fingerprint density at radius 3 is 2.69 bits per heavy atom. The highest BCUT2D eigenvalue weighted by Gasteiger charge is 2.27. The zero-order chi connectivity index (χ0) is 20.7. The molecule has 2 aromatic rings. The van der Waals surface area contributed by atoms with E-state index >= 15 is 0 Å². The summed E-state index contributed by atoms with van der Waals surface area (Å²) in [6.07, 6.45) is 2.21. The third kappa shape index (κ3) is 6.08. The Morgan fingerprint density at radius 2 is 1.97 bits per heavy atom. The maximum Gasteiger partial charge on any atom is 0.267 e. The molecule has 29 heavy (non-hydrogen) atoms. The van der Waals surface area contributed by atoms with E-state index in [0.29, 0.717) is 19.6 Å². The van der Waals surface area contributed by atoms with Crippen LogP contribution in [0.15, 0.2) is 47.5 Å². The van der Waals surface area contributed by atoms with Gasteiger partial charge >= 0.3 is 0 Å². The Morgan fingerprint density at radius 1 is 1.24 bits per heavy atom. The number of hydrogen-bond acceptors (Lipinski definition) is 5. The molecule has 0 radical (unpaired) electrons. The highest BCUT2D eigenvalue weighted by atomic mass is 32.2. The van der Waals surface area contributed by atoms with Crippen molar-refractivity contribution in [1.29, 1.82) is 0 Å². The average molecular weight is 437 g/mol. The number of H-pyrrole nitrogens is 1. The topological polar surface area (TPSA) is 85.5 Å². The molecule has 0 atom stereocenters. The molecule has 7 nitrogen and oxygen atoms in total. The molecule has 3 rings (SSSR count). The standard InChI is InChI=1S/C20H28N4O3S2/c1-23(16-17-6-3-2-4-7-17)9-5-8-21-20(25)19-14-18(15-22-19)29(26,27)24-10-12-28-13-11-24/h2-4,6-7,14-15,22H,5,8-13,16H2,1H3,(H,21,25). The van der Waals surface area contributed by atoms with Crippen LogP contribution in [0, 0.1) is 0 Å². The van der Waals surface area contributed by atoms with Crippen LogP contribution in [-0.2, 0) is 16.6 Å². The Hall–Kier alpha value is -1.81. The van der Waals surface area contributed by atoms with Crippen LogP contribution < -0.4 is 5.32 Å². The van der Waals surface area contributed by atoms with Gasteiger partial charge in [0.2, 0.25) is 10.0 Å². The number of rotatable bonds is 9. The maximum absolute atomic E-state index is 12.7. The maximum atomic E-state index is 12.7. The van der Waals surface area contributed by atoms with Crippen LogP contribution in [0.25, 0.3) is 0 Å². The molecule has 9 heteroatoms. The molecule has 0 aliphatic carbocycles. The predicted octanol–water partition coefficient (Wildman–Crippen LogP) is 2.00. The number of thioether (sulfide) groups is 1. The van der Waals surface area contributed by atoms with Crippen LogP contribution in [-0.4, -0.2) is 73.2 Å². The van der Waals surface area contributed by atoms with E-state index in [2.05, 4.69) is 34.4 Å². The molecule has 158 valence electrons. The van der Waals surface area contributed by atoms with Crippen molar-refractivity contribution in [2.24, 2.45) is 0 Å². The summed E-state index contributed by atoms with van der Waals surface area (Å²) in [6.45, 7) is 3.27. The highest BCUT2D eigenvalue weighted by molar-refractivity contribution is 7.99. The molecule has 0 unspecified atom stereocenters. The summed E-state index contributed by atoms with van der Waals surface area (Å²) in [7, 11) is -1.49. The van der Waals surface area contributed by atoms with Crippen molar-refractivity contribution in [2.75, 3.05) is 44.7 Å². The van der Waals surface area contributed by atoms with Gasteiger partial charge < -0.3 is 15.2 Å². The van der Waals surface area contributed by atoms with Crippen molar-refractivity contribution in [3.8, 4) is 0 Å². The minimum atomic E-state index is -3.54. The number of carbonyl (C=O) groups is 1. The van der Waals surface area contributed by atoms with Gasteiger partial charge in [-0.15, -0.1) is 0 Å². The lowest BCUT2D eigenvalue weighted by molar-refractivity contribution is 0.0947. The van der Waals surface area contributed by atoms with Gasteiger partial charge in [-0.1, -0.05) is 30.3 Å². The van der Waals surface area contributed by atoms with E-state index in [0.717, 1.165) is 31.0 Å². The molecule has 1 aliphatic rings. The SMILES string of the molecule is CN(CCCNC(=O)c1cc(S(=O)(=O)N2CCSCC2)c[nH]1)Cc1ccccc1. The highest BCUT2D eigenvalue weighted by Crippen LogP contribution is 2.20. The van der Waals surface area contributed by atoms with Gasteiger partial charge in [-0.05, 0) is 31.6 Å². The molecule has 0 saturated carbocycles. The number of amides is 1. The summed E-state index contributed by atoms with van der Waals surface area (Å²) >= 11 is 1.75. The Bertz CT molecular complexity index is 893. The normalized spacial score (nSPS) is 15.5. The summed E-state index contributed by atoms with van der Waals surface area (Å²) in [5.74, 6) is 1.32. The van der Waals surface area contributed by atoms with Crippen molar-refractivity contribution in [3.05, 3.63) is 53.9 Å². The number of sulfonamides is 1. The molecule has 0 spiro atoms. The van der Waals surface area contributed by atoms with E-state index in [4.69, 9.17) is 0 Å². The average Bonchev–Trinajstić information content (AvgIpc) is 3.24. The number of aromatic nitrogens is 1. The van der Waals surface area contributed by atoms with Gasteiger partial charge in [0.15, 0.2) is 0 Å². The summed E-state index contributed by atoms with van der Waals surface area (Å²) in [5.41, 5.74) is 1.53. The zero-order valence-electron chi connectivity index (χ0n) is 16.6. The molecule has 1 fully saturated rings. The summed E-state index contributed by atoms with van der Waals surface area (Å²) < 4.78 is 26.8. The molecule has 0 bridgehead atoms. The first-order chi connectivity index (χ1) is 14.0. The van der Waals surface area contributed by atoms with Gasteiger partial charge in [-0.25, -0.2) is 8.42 Å². The van der Waals surface area contributed by atoms with Crippen LogP contribution in [0.4, 0.5) is 0 Å². The van der Waals surface area contributed by atoms with E-state index < -0.39 is 10.0 Å². The Balaban J connectivity index is 1.44. The van der Waals surface area contributed by atoms with E-state index in [1.54, 1.807) is 11.8 Å². The number of benzene rings is 1. The Kier molecular flexibility index (Phi) is 7.77. The van der Waals surface area contributed by atoms with Gasteiger partial charge in [0.1, 0.15) is 10.6 Å². The fourth-order valence-corrected chi connectivity index (χ4v) is 5.78. The summed E-state index contributed by atoms with van der Waals surface area (Å²) in [5, 5.41) is 2.85. The monoisotopic (exact) mass is 436 g/mol. The van der Waals surface area contributed by atoms with Crippen molar-refractivity contribution < 1.29 is 13.2 Å². The number of carbonyl (C=O) groups excluding carboxylic acids is 1. The third-order valence-electron chi connectivity index (χ3n) is 4.81. The number of nitrogens with one attached hydrogen (secondary N) is 2. The Labute approximate surface area is 176 Å². The first kappa shape index (κ1) is 21.9. The summed E-state index contributed by atoms with van der Waals surface area (Å²) in [6, 6.07) is 11.7. The lowest BCUT2D eigenvalue weighted by Crippen LogP contribution is -2.37. The van der Waals surface area contributed by atoms with Crippen LogP contribution in [0.1, 0.15) is 22.5 Å². The molecule has 2 heterocycles. The lowest BCUT2D eigenvalue weighted by atomic mass is 10.2. The second-order valence-corrected chi connectivity index (χ2v) is 10.3. The molecule has 1 aliphatic heterocycles. The summed E-state index contributed by atoms with van der Waals surface area (Å²) in [4.78, 5) is 17.5. The third-order valence-corrected chi connectivity index (χ3v) is 7.63. The van der Waals surface area contributed by atoms with Crippen LogP contribution >= 0.6 is 11.8 Å². The fraction of sp³-hybridized carbons (Fsp3) is 0.450. The molecule has 1 saturated heterocycles. The van der Waals surface area contributed by atoms with E-state index in [9.17, 15) is 13.2 Å². The molecule has 1 aromatic heterocycles. The van der Waals surface area contributed by atoms with E-state index in [-0.39, 0.29) is 16.5 Å². The van der Waals surface area contributed by atoms with Gasteiger partial charge in [-0.3, -0.25) is 4.79 Å². The number of nitrogens with zero attached hydrogens (tertiary/aromatic N) is 2. The molecule has 1 aromatic carbocycles. The molecule has 2 N–H and O–H groups in total. The first-order valence-electron chi connectivity index (χ1n) is 9.74. The molecular formula is C20H28N4O3S2. The quantitative estimate of drug-likeness (QED) is 0.588. The number of hydrogen-bond donors (Lipinski definition) is 2. The van der Waals surface area contributed by atoms with E-state index in [1.165, 1.54) is 22.1 Å². The van der Waals surface area contributed by atoms with Crippen molar-refractivity contribution in [1.82, 2.24) is 19.5 Å². The first-order valence-corrected chi connectivity index (χ1v) is 12.3. The largest absolute Gasteiger partial charge is 0.356 e. The van der Waals surface area contributed by atoms with E-state index in [1.807, 2.05) is 18.2 Å².